The van der Waals surface area contributed by atoms with Gasteiger partial charge in [0, 0.05) is 29.6 Å². The first kappa shape index (κ1) is 13.4. The highest BCUT2D eigenvalue weighted by atomic mass is 127. The van der Waals surface area contributed by atoms with Gasteiger partial charge in [-0.1, -0.05) is 30.3 Å². The van der Waals surface area contributed by atoms with Crippen LogP contribution in [0.2, 0.25) is 0 Å². The maximum absolute atomic E-state index is 12.6. The van der Waals surface area contributed by atoms with E-state index in [0.29, 0.717) is 5.69 Å². The van der Waals surface area contributed by atoms with E-state index in [9.17, 15) is 8.78 Å². The van der Waals surface area contributed by atoms with Crippen molar-refractivity contribution in [2.24, 2.45) is 7.05 Å². The first-order chi connectivity index (χ1) is 8.46. The van der Waals surface area contributed by atoms with Gasteiger partial charge in [0.25, 0.3) is 0 Å². The third-order valence-corrected chi connectivity index (χ3v) is 2.70. The highest BCUT2D eigenvalue weighted by molar-refractivity contribution is 14.1. The van der Waals surface area contributed by atoms with Gasteiger partial charge in [-0.2, -0.15) is 13.9 Å². The lowest BCUT2D eigenvalue weighted by atomic mass is 10.1. The molecule has 18 heavy (non-hydrogen) atoms. The average molecular weight is 364 g/mol. The van der Waals surface area contributed by atoms with E-state index in [-0.39, 0.29) is 6.61 Å². The molecule has 0 aliphatic carbocycles. The predicted octanol–water partition coefficient (Wildman–Crippen LogP) is 3.59. The maximum Gasteiger partial charge on any atom is 0.408 e. The number of halogens is 3. The smallest absolute Gasteiger partial charge is 0.306 e. The summed E-state index contributed by atoms with van der Waals surface area (Å²) in [6, 6.07) is 11.4. The Bertz CT molecular complexity index is 523. The number of hydrogen-bond acceptors (Lipinski definition) is 2. The number of rotatable bonds is 4. The van der Waals surface area contributed by atoms with Crippen molar-refractivity contribution in [1.29, 1.82) is 0 Å². The van der Waals surface area contributed by atoms with Gasteiger partial charge < -0.3 is 4.74 Å². The fraction of sp³-hybridized carbons (Fsp3) is 0.250. The van der Waals surface area contributed by atoms with Crippen molar-refractivity contribution in [2.45, 2.75) is 10.7 Å². The molecule has 0 bridgehead atoms. The number of alkyl halides is 3. The van der Waals surface area contributed by atoms with Crippen LogP contribution in [0.5, 0.6) is 0 Å². The van der Waals surface area contributed by atoms with E-state index in [0.717, 1.165) is 33.8 Å². The summed E-state index contributed by atoms with van der Waals surface area (Å²) in [7, 11) is 1.77. The Hall–Kier alpha value is -1.02. The van der Waals surface area contributed by atoms with Gasteiger partial charge in [-0.05, 0) is 11.6 Å². The topological polar surface area (TPSA) is 27.1 Å². The summed E-state index contributed by atoms with van der Waals surface area (Å²) in [5.41, 5.74) is 2.33. The minimum absolute atomic E-state index is 0.212. The van der Waals surface area contributed by atoms with Gasteiger partial charge in [-0.3, -0.25) is 4.68 Å². The second-order valence-corrected chi connectivity index (χ2v) is 5.00. The highest BCUT2D eigenvalue weighted by Crippen LogP contribution is 2.26. The molecule has 0 radical (unpaired) electrons. The van der Waals surface area contributed by atoms with Crippen molar-refractivity contribution >= 4 is 22.6 Å². The number of aromatic nitrogens is 2. The normalized spacial score (nSPS) is 11.8. The fourth-order valence-electron chi connectivity index (χ4n) is 1.63. The summed E-state index contributed by atoms with van der Waals surface area (Å²) in [5.74, 6) is 0. The molecule has 0 unspecified atom stereocenters. The van der Waals surface area contributed by atoms with Gasteiger partial charge in [0.1, 0.15) is 0 Å². The minimum Gasteiger partial charge on any atom is -0.306 e. The molecule has 2 rings (SSSR count). The van der Waals surface area contributed by atoms with Crippen LogP contribution in [0.3, 0.4) is 0 Å². The molecule has 0 saturated heterocycles. The van der Waals surface area contributed by atoms with Crippen molar-refractivity contribution in [3.63, 3.8) is 0 Å². The molecule has 96 valence electrons. The first-order valence-corrected chi connectivity index (χ1v) is 6.32. The zero-order chi connectivity index (χ0) is 13.2. The fourth-order valence-corrected chi connectivity index (χ4v) is 1.79. The highest BCUT2D eigenvalue weighted by Gasteiger charge is 2.25. The van der Waals surface area contributed by atoms with E-state index in [1.165, 1.54) is 0 Å². The Labute approximate surface area is 117 Å². The van der Waals surface area contributed by atoms with Gasteiger partial charge in [0.05, 0.1) is 18.0 Å². The van der Waals surface area contributed by atoms with Crippen LogP contribution in [0.25, 0.3) is 11.3 Å². The zero-order valence-electron chi connectivity index (χ0n) is 9.61. The Morgan fingerprint density at radius 3 is 2.61 bits per heavy atom. The minimum atomic E-state index is -3.16. The molecule has 1 aromatic heterocycles. The van der Waals surface area contributed by atoms with Gasteiger partial charge in [-0.15, -0.1) is 0 Å². The molecule has 6 heteroatoms. The number of nitrogens with zero attached hydrogens (tertiary/aromatic N) is 2. The third-order valence-electron chi connectivity index (χ3n) is 2.38. The predicted molar refractivity (Wildman–Crippen MR) is 72.4 cm³/mol. The summed E-state index contributed by atoms with van der Waals surface area (Å²) in [6.07, 6.45) is 0. The Balaban J connectivity index is 2.18. The van der Waals surface area contributed by atoms with Crippen LogP contribution in [-0.4, -0.2) is 13.9 Å². The number of benzene rings is 1. The average Bonchev–Trinajstić information content (AvgIpc) is 2.68. The van der Waals surface area contributed by atoms with Crippen LogP contribution in [0.4, 0.5) is 8.78 Å². The van der Waals surface area contributed by atoms with E-state index in [1.807, 2.05) is 30.3 Å². The van der Waals surface area contributed by atoms with E-state index in [4.69, 9.17) is 0 Å². The van der Waals surface area contributed by atoms with Crippen molar-refractivity contribution < 1.29 is 13.5 Å². The van der Waals surface area contributed by atoms with E-state index < -0.39 is 4.12 Å². The van der Waals surface area contributed by atoms with Gasteiger partial charge in [-0.25, -0.2) is 0 Å². The maximum atomic E-state index is 12.6. The van der Waals surface area contributed by atoms with Crippen LogP contribution in [0, 0.1) is 0 Å². The monoisotopic (exact) mass is 364 g/mol. The molecular weight excluding hydrogens is 353 g/mol. The molecule has 3 nitrogen and oxygen atoms in total. The quantitative estimate of drug-likeness (QED) is 0.613. The molecule has 0 fully saturated rings. The molecule has 0 aliphatic heterocycles. The first-order valence-electron chi connectivity index (χ1n) is 5.25. The Morgan fingerprint density at radius 1 is 1.33 bits per heavy atom. The second-order valence-electron chi connectivity index (χ2n) is 3.74. The lowest BCUT2D eigenvalue weighted by Crippen LogP contribution is -2.10. The van der Waals surface area contributed by atoms with E-state index >= 15 is 0 Å². The molecule has 0 N–H and O–H groups in total. The van der Waals surface area contributed by atoms with E-state index in [1.54, 1.807) is 17.8 Å². The molecule has 0 aliphatic rings. The largest absolute Gasteiger partial charge is 0.408 e. The number of ether oxygens (including phenoxy) is 1. The molecule has 2 aromatic rings. The van der Waals surface area contributed by atoms with Crippen LogP contribution >= 0.6 is 22.6 Å². The van der Waals surface area contributed by atoms with Gasteiger partial charge in [0.15, 0.2) is 0 Å². The number of hydrogen-bond donors (Lipinski definition) is 0. The zero-order valence-corrected chi connectivity index (χ0v) is 11.8. The van der Waals surface area contributed by atoms with Crippen molar-refractivity contribution in [3.8, 4) is 11.3 Å². The van der Waals surface area contributed by atoms with Crippen LogP contribution < -0.4 is 0 Å². The lowest BCUT2D eigenvalue weighted by molar-refractivity contribution is -0.154. The second kappa shape index (κ2) is 5.31. The lowest BCUT2D eigenvalue weighted by Gasteiger charge is -2.06. The summed E-state index contributed by atoms with van der Waals surface area (Å²) < 4.78 is 28.0. The Kier molecular flexibility index (Phi) is 3.96. The molecule has 1 aromatic carbocycles. The van der Waals surface area contributed by atoms with E-state index in [2.05, 4.69) is 9.84 Å². The Morgan fingerprint density at radius 2 is 2.00 bits per heavy atom. The number of aryl methyl sites for hydroxylation is 1. The van der Waals surface area contributed by atoms with Gasteiger partial charge >= 0.3 is 4.12 Å². The van der Waals surface area contributed by atoms with Crippen LogP contribution in [-0.2, 0) is 18.4 Å². The molecule has 0 amide bonds. The molecular formula is C12H11F2IN2O. The summed E-state index contributed by atoms with van der Waals surface area (Å²) in [5, 5.41) is 4.15. The summed E-state index contributed by atoms with van der Waals surface area (Å²) in [6.45, 7) is -0.212. The molecule has 0 spiro atoms. The van der Waals surface area contributed by atoms with Crippen molar-refractivity contribution in [1.82, 2.24) is 9.78 Å². The van der Waals surface area contributed by atoms with Crippen molar-refractivity contribution in [3.05, 3.63) is 42.1 Å². The summed E-state index contributed by atoms with van der Waals surface area (Å²) >= 11 is 0.940. The van der Waals surface area contributed by atoms with Crippen LogP contribution in [0.15, 0.2) is 36.4 Å². The summed E-state index contributed by atoms with van der Waals surface area (Å²) in [4.78, 5) is 0. The molecule has 0 saturated carbocycles. The standard InChI is InChI=1S/C12H11F2IN2O/c1-17-11(9-5-3-2-4-6-9)7-10(16-17)8-18-12(13,14)15/h2-7H,8H2,1H3. The molecule has 0 atom stereocenters. The van der Waals surface area contributed by atoms with Gasteiger partial charge in [0.2, 0.25) is 0 Å². The van der Waals surface area contributed by atoms with Crippen molar-refractivity contribution in [2.75, 3.05) is 0 Å². The van der Waals surface area contributed by atoms with Crippen LogP contribution in [0.1, 0.15) is 5.69 Å². The molecule has 1 heterocycles. The third kappa shape index (κ3) is 3.49. The SMILES string of the molecule is Cn1nc(COC(F)(F)I)cc1-c1ccccc1.